The second kappa shape index (κ2) is 10.1. The molecule has 0 atom stereocenters. The smallest absolute Gasteiger partial charge is 0.320 e. The van der Waals surface area contributed by atoms with Crippen molar-refractivity contribution >= 4 is 11.9 Å². The van der Waals surface area contributed by atoms with E-state index in [2.05, 4.69) is 5.32 Å². The molecular weight excluding hydrogens is 308 g/mol. The summed E-state index contributed by atoms with van der Waals surface area (Å²) in [5.74, 6) is -0.555. The molecule has 0 aromatic heterocycles. The van der Waals surface area contributed by atoms with E-state index in [9.17, 15) is 9.59 Å². The summed E-state index contributed by atoms with van der Waals surface area (Å²) in [6.07, 6.45) is 0. The van der Waals surface area contributed by atoms with Crippen LogP contribution in [0.25, 0.3) is 0 Å². The molecule has 0 unspecified atom stereocenters. The number of nitrogens with one attached hydrogen (secondary N) is 1. The molecule has 0 aliphatic rings. The molecule has 0 amide bonds. The van der Waals surface area contributed by atoms with Crippen LogP contribution in [-0.4, -0.2) is 55.7 Å². The highest BCUT2D eigenvalue weighted by Gasteiger charge is 2.15. The number of carbonyl (C=O) groups excluding carboxylic acids is 2. The molecule has 0 fully saturated rings. The van der Waals surface area contributed by atoms with Gasteiger partial charge in [-0.15, -0.1) is 0 Å². The Hall–Kier alpha value is -1.92. The zero-order valence-corrected chi connectivity index (χ0v) is 15.0. The number of rotatable bonds is 9. The molecule has 134 valence electrons. The topological polar surface area (TPSA) is 67.9 Å². The van der Waals surface area contributed by atoms with Crippen molar-refractivity contribution < 1.29 is 19.1 Å². The lowest BCUT2D eigenvalue weighted by Crippen LogP contribution is -2.37. The van der Waals surface area contributed by atoms with E-state index >= 15 is 0 Å². The van der Waals surface area contributed by atoms with Gasteiger partial charge < -0.3 is 14.8 Å². The minimum Gasteiger partial charge on any atom is -0.460 e. The maximum atomic E-state index is 11.8. The summed E-state index contributed by atoms with van der Waals surface area (Å²) in [5, 5.41) is 3.00. The summed E-state index contributed by atoms with van der Waals surface area (Å²) in [6.45, 7) is 7.36. The first kappa shape index (κ1) is 20.1. The molecule has 0 spiro atoms. The number of nitrogens with zero attached hydrogens (tertiary/aromatic N) is 1. The van der Waals surface area contributed by atoms with Crippen molar-refractivity contribution in [1.82, 2.24) is 10.2 Å². The van der Waals surface area contributed by atoms with Crippen LogP contribution >= 0.6 is 0 Å². The molecule has 24 heavy (non-hydrogen) atoms. The van der Waals surface area contributed by atoms with Gasteiger partial charge in [0.1, 0.15) is 12.2 Å². The van der Waals surface area contributed by atoms with E-state index in [-0.39, 0.29) is 31.6 Å². The Morgan fingerprint density at radius 3 is 2.42 bits per heavy atom. The number of hydrogen-bond acceptors (Lipinski definition) is 6. The van der Waals surface area contributed by atoms with Gasteiger partial charge >= 0.3 is 11.9 Å². The van der Waals surface area contributed by atoms with E-state index in [4.69, 9.17) is 9.47 Å². The van der Waals surface area contributed by atoms with E-state index in [0.29, 0.717) is 13.1 Å². The minimum absolute atomic E-state index is 0.156. The molecule has 0 saturated heterocycles. The van der Waals surface area contributed by atoms with Crippen LogP contribution in [0.15, 0.2) is 30.3 Å². The highest BCUT2D eigenvalue weighted by molar-refractivity contribution is 5.72. The fourth-order valence-electron chi connectivity index (χ4n) is 1.92. The molecule has 0 aliphatic heterocycles. The zero-order chi connectivity index (χ0) is 18.0. The van der Waals surface area contributed by atoms with Gasteiger partial charge in [-0.1, -0.05) is 30.3 Å². The molecule has 0 bridgehead atoms. The summed E-state index contributed by atoms with van der Waals surface area (Å²) in [7, 11) is 1.83. The molecule has 0 heterocycles. The molecule has 0 radical (unpaired) electrons. The lowest BCUT2D eigenvalue weighted by Gasteiger charge is -2.20. The van der Waals surface area contributed by atoms with Crippen LogP contribution in [0.1, 0.15) is 26.3 Å². The second-order valence-corrected chi connectivity index (χ2v) is 6.65. The number of benzene rings is 1. The van der Waals surface area contributed by atoms with Gasteiger partial charge in [0, 0.05) is 13.1 Å². The Morgan fingerprint density at radius 2 is 1.79 bits per heavy atom. The summed E-state index contributed by atoms with van der Waals surface area (Å²) in [5.41, 5.74) is 0.491. The molecule has 1 N–H and O–H groups in total. The number of hydrogen-bond donors (Lipinski definition) is 1. The molecule has 6 heteroatoms. The third-order valence-electron chi connectivity index (χ3n) is 3.00. The molecule has 1 rings (SSSR count). The molecule has 6 nitrogen and oxygen atoms in total. The van der Waals surface area contributed by atoms with Gasteiger partial charge in [0.2, 0.25) is 0 Å². The minimum atomic E-state index is -0.474. The average molecular weight is 336 g/mol. The van der Waals surface area contributed by atoms with E-state index in [0.717, 1.165) is 5.56 Å². The maximum Gasteiger partial charge on any atom is 0.320 e. The van der Waals surface area contributed by atoms with Crippen molar-refractivity contribution in [2.75, 3.05) is 33.2 Å². The van der Waals surface area contributed by atoms with Crippen LogP contribution < -0.4 is 5.32 Å². The third-order valence-corrected chi connectivity index (χ3v) is 3.00. The van der Waals surface area contributed by atoms with Crippen molar-refractivity contribution in [3.63, 3.8) is 0 Å². The number of likely N-dealkylation sites (N-methyl/N-ethyl adjacent to an activating group) is 1. The summed E-state index contributed by atoms with van der Waals surface area (Å²) in [6, 6.07) is 9.57. The summed E-state index contributed by atoms with van der Waals surface area (Å²) in [4.78, 5) is 25.1. The molecule has 0 aliphatic carbocycles. The fraction of sp³-hybridized carbons (Fsp3) is 0.556. The first-order valence-electron chi connectivity index (χ1n) is 8.07. The van der Waals surface area contributed by atoms with Gasteiger partial charge in [-0.3, -0.25) is 14.5 Å². The number of esters is 2. The lowest BCUT2D eigenvalue weighted by atomic mass is 10.2. The molecule has 0 saturated carbocycles. The first-order chi connectivity index (χ1) is 11.3. The largest absolute Gasteiger partial charge is 0.460 e. The van der Waals surface area contributed by atoms with Gasteiger partial charge in [-0.25, -0.2) is 0 Å². The Kier molecular flexibility index (Phi) is 8.43. The van der Waals surface area contributed by atoms with E-state index in [1.54, 1.807) is 0 Å². The highest BCUT2D eigenvalue weighted by Crippen LogP contribution is 2.06. The summed E-state index contributed by atoms with van der Waals surface area (Å²) < 4.78 is 10.4. The predicted octanol–water partition coefficient (Wildman–Crippen LogP) is 1.59. The molecule has 1 aromatic rings. The van der Waals surface area contributed by atoms with Crippen LogP contribution in [0.5, 0.6) is 0 Å². The third kappa shape index (κ3) is 9.97. The van der Waals surface area contributed by atoms with Gasteiger partial charge in [0.15, 0.2) is 0 Å². The Morgan fingerprint density at radius 1 is 1.12 bits per heavy atom. The van der Waals surface area contributed by atoms with Crippen LogP contribution in [0, 0.1) is 0 Å². The normalized spacial score (nSPS) is 11.4. The van der Waals surface area contributed by atoms with Gasteiger partial charge in [0.25, 0.3) is 0 Å². The van der Waals surface area contributed by atoms with Crippen LogP contribution in [0.2, 0.25) is 0 Å². The van der Waals surface area contributed by atoms with Crippen molar-refractivity contribution in [2.24, 2.45) is 0 Å². The van der Waals surface area contributed by atoms with Crippen molar-refractivity contribution in [1.29, 1.82) is 0 Å². The predicted molar refractivity (Wildman–Crippen MR) is 92.4 cm³/mol. The lowest BCUT2D eigenvalue weighted by molar-refractivity contribution is -0.153. The van der Waals surface area contributed by atoms with Crippen molar-refractivity contribution in [2.45, 2.75) is 33.0 Å². The van der Waals surface area contributed by atoms with Gasteiger partial charge in [-0.2, -0.15) is 0 Å². The van der Waals surface area contributed by atoms with Crippen LogP contribution in [0.4, 0.5) is 0 Å². The van der Waals surface area contributed by atoms with Crippen LogP contribution in [-0.2, 0) is 25.7 Å². The molecule has 1 aromatic carbocycles. The zero-order valence-electron chi connectivity index (χ0n) is 15.0. The van der Waals surface area contributed by atoms with E-state index < -0.39 is 5.60 Å². The van der Waals surface area contributed by atoms with E-state index in [1.165, 1.54) is 0 Å². The van der Waals surface area contributed by atoms with E-state index in [1.807, 2.05) is 63.1 Å². The monoisotopic (exact) mass is 336 g/mol. The first-order valence-corrected chi connectivity index (χ1v) is 8.07. The maximum absolute atomic E-state index is 11.8. The van der Waals surface area contributed by atoms with Crippen molar-refractivity contribution in [3.05, 3.63) is 35.9 Å². The van der Waals surface area contributed by atoms with Gasteiger partial charge in [0.05, 0.1) is 13.1 Å². The molecular formula is C18H28N2O4. The Bertz CT molecular complexity index is 512. The number of ether oxygens (including phenoxy) is 2. The average Bonchev–Trinajstić information content (AvgIpc) is 2.49. The fourth-order valence-corrected chi connectivity index (χ4v) is 1.92. The van der Waals surface area contributed by atoms with Crippen molar-refractivity contribution in [3.8, 4) is 0 Å². The quantitative estimate of drug-likeness (QED) is 0.546. The highest BCUT2D eigenvalue weighted by atomic mass is 16.6. The van der Waals surface area contributed by atoms with Gasteiger partial charge in [-0.05, 0) is 33.4 Å². The number of carbonyl (C=O) groups is 2. The Labute approximate surface area is 144 Å². The second-order valence-electron chi connectivity index (χ2n) is 6.65. The summed E-state index contributed by atoms with van der Waals surface area (Å²) >= 11 is 0. The van der Waals surface area contributed by atoms with Crippen LogP contribution in [0.3, 0.4) is 0 Å². The standard InChI is InChI=1S/C18H28N2O4/c1-18(2,3)24-16(21)12-19-10-11-20(4)13-17(22)23-14-15-8-6-5-7-9-15/h5-9,19H,10-14H2,1-4H3. The Balaban J connectivity index is 2.11. The SMILES string of the molecule is CN(CCNCC(=O)OC(C)(C)C)CC(=O)OCc1ccccc1.